The summed E-state index contributed by atoms with van der Waals surface area (Å²) in [6.45, 7) is 3.94. The Kier molecular flexibility index (Phi) is 10.0. The summed E-state index contributed by atoms with van der Waals surface area (Å²) in [7, 11) is 2.88. The van der Waals surface area contributed by atoms with Crippen molar-refractivity contribution in [2.45, 2.75) is 50.4 Å². The zero-order chi connectivity index (χ0) is 20.2. The van der Waals surface area contributed by atoms with Crippen LogP contribution in [0.2, 0.25) is 0 Å². The first-order valence-corrected chi connectivity index (χ1v) is 11.7. The first kappa shape index (κ1) is 22.4. The molecule has 2 unspecified atom stereocenters. The smallest absolute Gasteiger partial charge is 0.311 e. The number of carbonyl (C=O) groups is 2. The van der Waals surface area contributed by atoms with E-state index in [1.54, 1.807) is 0 Å². The van der Waals surface area contributed by atoms with Crippen LogP contribution in [0.5, 0.6) is 0 Å². The lowest BCUT2D eigenvalue weighted by Crippen LogP contribution is -2.18. The van der Waals surface area contributed by atoms with Crippen LogP contribution in [0.15, 0.2) is 60.7 Å². The molecule has 0 aromatic heterocycles. The maximum atomic E-state index is 12.1. The second-order valence-corrected chi connectivity index (χ2v) is 8.76. The van der Waals surface area contributed by atoms with Gasteiger partial charge < -0.3 is 9.47 Å². The molecule has 2 rings (SSSR count). The number of esters is 2. The first-order valence-electron chi connectivity index (χ1n) is 9.39. The van der Waals surface area contributed by atoms with Crippen molar-refractivity contribution >= 4 is 33.5 Å². The van der Waals surface area contributed by atoms with E-state index in [1.165, 1.54) is 21.6 Å². The van der Waals surface area contributed by atoms with Crippen LogP contribution < -0.4 is 0 Å². The van der Waals surface area contributed by atoms with E-state index in [0.717, 1.165) is 11.1 Å². The number of hydrogen-bond acceptors (Lipinski definition) is 6. The summed E-state index contributed by atoms with van der Waals surface area (Å²) in [6.07, 6.45) is 1.89. The first-order chi connectivity index (χ1) is 13.6. The van der Waals surface area contributed by atoms with E-state index in [0.29, 0.717) is 12.8 Å². The predicted molar refractivity (Wildman–Crippen MR) is 116 cm³/mol. The number of carbonyl (C=O) groups excluding carboxylic acids is 2. The van der Waals surface area contributed by atoms with Gasteiger partial charge in [-0.3, -0.25) is 9.59 Å². The number of hydrogen-bond donors (Lipinski definition) is 0. The zero-order valence-electron chi connectivity index (χ0n) is 16.2. The molecule has 0 N–H and O–H groups in total. The monoisotopic (exact) mass is 418 g/mol. The Hall–Kier alpha value is -1.92. The third-order valence-electron chi connectivity index (χ3n) is 3.85. The summed E-state index contributed by atoms with van der Waals surface area (Å²) in [5.41, 5.74) is 1.31. The van der Waals surface area contributed by atoms with Gasteiger partial charge in [-0.25, -0.2) is 0 Å². The Balaban J connectivity index is 1.76. The van der Waals surface area contributed by atoms with E-state index < -0.39 is 0 Å². The number of rotatable bonds is 11. The molecule has 0 aliphatic carbocycles. The topological polar surface area (TPSA) is 52.6 Å². The Morgan fingerprint density at radius 2 is 1.07 bits per heavy atom. The zero-order valence-corrected chi connectivity index (χ0v) is 17.8. The summed E-state index contributed by atoms with van der Waals surface area (Å²) in [5, 5.41) is 0. The molecule has 4 nitrogen and oxygen atoms in total. The SMILES string of the molecule is CCC(OC(=O)Cc1ccccc1)SSC(CC)OC(=O)Cc1ccccc1. The average Bonchev–Trinajstić information content (AvgIpc) is 2.71. The predicted octanol–water partition coefficient (Wildman–Crippen LogP) is 5.41. The van der Waals surface area contributed by atoms with Gasteiger partial charge >= 0.3 is 11.9 Å². The van der Waals surface area contributed by atoms with Crippen molar-refractivity contribution in [1.82, 2.24) is 0 Å². The summed E-state index contributed by atoms with van der Waals surface area (Å²) >= 11 is 0. The van der Waals surface area contributed by atoms with Gasteiger partial charge in [0.05, 0.1) is 12.8 Å². The Labute approximate surface area is 174 Å². The summed E-state index contributed by atoms with van der Waals surface area (Å²) in [5.74, 6) is -0.499. The van der Waals surface area contributed by atoms with Crippen LogP contribution in [0.3, 0.4) is 0 Å². The third-order valence-corrected chi connectivity index (χ3v) is 6.87. The third kappa shape index (κ3) is 8.40. The maximum absolute atomic E-state index is 12.1. The van der Waals surface area contributed by atoms with Gasteiger partial charge in [0.25, 0.3) is 0 Å². The Morgan fingerprint density at radius 1 is 0.714 bits per heavy atom. The maximum Gasteiger partial charge on any atom is 0.311 e. The molecule has 2 aromatic rings. The molecule has 0 heterocycles. The Morgan fingerprint density at radius 3 is 1.39 bits per heavy atom. The van der Waals surface area contributed by atoms with Crippen LogP contribution in [0.4, 0.5) is 0 Å². The van der Waals surface area contributed by atoms with Gasteiger partial charge in [0, 0.05) is 0 Å². The largest absolute Gasteiger partial charge is 0.450 e. The fourth-order valence-electron chi connectivity index (χ4n) is 2.37. The van der Waals surface area contributed by atoms with Gasteiger partial charge in [0.15, 0.2) is 10.9 Å². The molecular weight excluding hydrogens is 392 g/mol. The van der Waals surface area contributed by atoms with E-state index in [2.05, 4.69) is 0 Å². The molecule has 28 heavy (non-hydrogen) atoms. The van der Waals surface area contributed by atoms with Gasteiger partial charge in [-0.2, -0.15) is 0 Å². The van der Waals surface area contributed by atoms with Gasteiger partial charge in [-0.1, -0.05) is 74.5 Å². The molecule has 0 aliphatic heterocycles. The molecule has 2 atom stereocenters. The minimum absolute atomic E-state index is 0.250. The van der Waals surface area contributed by atoms with E-state index in [4.69, 9.17) is 9.47 Å². The summed E-state index contributed by atoms with van der Waals surface area (Å²) < 4.78 is 11.1. The van der Waals surface area contributed by atoms with Crippen LogP contribution in [0.25, 0.3) is 0 Å². The van der Waals surface area contributed by atoms with E-state index in [-0.39, 0.29) is 35.7 Å². The molecule has 0 fully saturated rings. The van der Waals surface area contributed by atoms with Crippen molar-refractivity contribution in [3.8, 4) is 0 Å². The quantitative estimate of drug-likeness (QED) is 0.276. The standard InChI is InChI=1S/C22H26O4S2/c1-3-21(25-19(23)15-17-11-7-5-8-12-17)27-28-22(4-2)26-20(24)16-18-13-9-6-10-14-18/h5-14,21-22H,3-4,15-16H2,1-2H3. The molecule has 0 radical (unpaired) electrons. The van der Waals surface area contributed by atoms with E-state index in [1.807, 2.05) is 74.5 Å². The number of ether oxygens (including phenoxy) is 2. The van der Waals surface area contributed by atoms with E-state index in [9.17, 15) is 9.59 Å². The van der Waals surface area contributed by atoms with Crippen molar-refractivity contribution in [1.29, 1.82) is 0 Å². The highest BCUT2D eigenvalue weighted by Crippen LogP contribution is 2.35. The molecule has 0 spiro atoms. The van der Waals surface area contributed by atoms with Crippen molar-refractivity contribution < 1.29 is 19.1 Å². The summed E-state index contributed by atoms with van der Waals surface area (Å²) in [6, 6.07) is 19.1. The van der Waals surface area contributed by atoms with Gasteiger partial charge in [-0.15, -0.1) is 0 Å². The second-order valence-electron chi connectivity index (χ2n) is 6.17. The van der Waals surface area contributed by atoms with Crippen LogP contribution in [0.1, 0.15) is 37.8 Å². The molecule has 0 aliphatic rings. The fourth-order valence-corrected chi connectivity index (χ4v) is 4.98. The summed E-state index contributed by atoms with van der Waals surface area (Å²) in [4.78, 5) is 24.3. The average molecular weight is 419 g/mol. The van der Waals surface area contributed by atoms with Crippen LogP contribution in [0, 0.1) is 0 Å². The highest BCUT2D eigenvalue weighted by atomic mass is 33.1. The second kappa shape index (κ2) is 12.5. The van der Waals surface area contributed by atoms with Gasteiger partial charge in [0.2, 0.25) is 0 Å². The lowest BCUT2D eigenvalue weighted by Gasteiger charge is -2.19. The molecule has 2 aromatic carbocycles. The van der Waals surface area contributed by atoms with Crippen molar-refractivity contribution in [2.24, 2.45) is 0 Å². The minimum Gasteiger partial charge on any atom is -0.450 e. The molecule has 150 valence electrons. The van der Waals surface area contributed by atoms with Crippen LogP contribution >= 0.6 is 21.6 Å². The lowest BCUT2D eigenvalue weighted by molar-refractivity contribution is -0.145. The van der Waals surface area contributed by atoms with Crippen molar-refractivity contribution in [3.63, 3.8) is 0 Å². The fraction of sp³-hybridized carbons (Fsp3) is 0.364. The van der Waals surface area contributed by atoms with Crippen LogP contribution in [-0.4, -0.2) is 22.8 Å². The molecule has 0 amide bonds. The molecular formula is C22H26O4S2. The highest BCUT2D eigenvalue weighted by molar-refractivity contribution is 8.77. The van der Waals surface area contributed by atoms with Gasteiger partial charge in [-0.05, 0) is 45.6 Å². The highest BCUT2D eigenvalue weighted by Gasteiger charge is 2.19. The van der Waals surface area contributed by atoms with Gasteiger partial charge in [0.1, 0.15) is 0 Å². The number of benzene rings is 2. The normalized spacial score (nSPS) is 12.8. The molecule has 0 saturated carbocycles. The minimum atomic E-state index is -0.275. The van der Waals surface area contributed by atoms with Crippen LogP contribution in [-0.2, 0) is 31.9 Å². The lowest BCUT2D eigenvalue weighted by atomic mass is 10.2. The Bertz CT molecular complexity index is 658. The van der Waals surface area contributed by atoms with Crippen molar-refractivity contribution in [2.75, 3.05) is 0 Å². The molecule has 6 heteroatoms. The van der Waals surface area contributed by atoms with Crippen molar-refractivity contribution in [3.05, 3.63) is 71.8 Å². The van der Waals surface area contributed by atoms with E-state index >= 15 is 0 Å². The molecule has 0 saturated heterocycles. The molecule has 0 bridgehead atoms.